The van der Waals surface area contributed by atoms with Crippen LogP contribution in [0, 0.1) is 11.8 Å². The normalized spacial score (nSPS) is 34.4. The lowest BCUT2D eigenvalue weighted by Gasteiger charge is -2.48. The van der Waals surface area contributed by atoms with Crippen molar-refractivity contribution in [3.05, 3.63) is 12.2 Å². The summed E-state index contributed by atoms with van der Waals surface area (Å²) >= 11 is 0. The molecule has 0 heterocycles. The Bertz CT molecular complexity index is 283. The first kappa shape index (κ1) is 14.0. The van der Waals surface area contributed by atoms with Gasteiger partial charge >= 0.3 is 0 Å². The summed E-state index contributed by atoms with van der Waals surface area (Å²) in [5.74, 6) is 1.25. The Labute approximate surface area is 110 Å². The summed E-state index contributed by atoms with van der Waals surface area (Å²) in [6.07, 6.45) is 9.08. The summed E-state index contributed by atoms with van der Waals surface area (Å²) in [4.78, 5) is 0. The smallest absolute Gasteiger partial charge is 0.157 e. The first-order valence-corrected chi connectivity index (χ1v) is 7.21. The molecule has 1 saturated carbocycles. The van der Waals surface area contributed by atoms with Crippen molar-refractivity contribution in [3.63, 3.8) is 0 Å². The third kappa shape index (κ3) is 2.79. The lowest BCUT2D eigenvalue weighted by Crippen LogP contribution is -2.47. The van der Waals surface area contributed by atoms with E-state index in [0.717, 1.165) is 18.8 Å². The fourth-order valence-electron chi connectivity index (χ4n) is 3.41. The predicted molar refractivity (Wildman–Crippen MR) is 71.4 cm³/mol. The van der Waals surface area contributed by atoms with E-state index >= 15 is 0 Å². The van der Waals surface area contributed by atoms with Crippen LogP contribution in [0.5, 0.6) is 0 Å². The molecule has 3 aliphatic rings. The third-order valence-corrected chi connectivity index (χ3v) is 4.40. The van der Waals surface area contributed by atoms with E-state index in [1.165, 1.54) is 12.8 Å². The molecular formula is C15H26O3. The second-order valence-electron chi connectivity index (χ2n) is 5.33. The Morgan fingerprint density at radius 1 is 1.28 bits per heavy atom. The van der Waals surface area contributed by atoms with Gasteiger partial charge in [0.1, 0.15) is 0 Å². The van der Waals surface area contributed by atoms with E-state index in [0.29, 0.717) is 19.1 Å². The zero-order chi connectivity index (χ0) is 13.0. The van der Waals surface area contributed by atoms with Crippen LogP contribution in [0.4, 0.5) is 0 Å². The summed E-state index contributed by atoms with van der Waals surface area (Å²) in [5.41, 5.74) is -0.0683. The maximum atomic E-state index is 5.84. The van der Waals surface area contributed by atoms with E-state index in [1.807, 2.05) is 21.0 Å². The Morgan fingerprint density at radius 2 is 2.00 bits per heavy atom. The first-order chi connectivity index (χ1) is 8.74. The summed E-state index contributed by atoms with van der Waals surface area (Å²) in [7, 11) is 1.83. The van der Waals surface area contributed by atoms with Crippen LogP contribution in [0.15, 0.2) is 12.2 Å². The van der Waals surface area contributed by atoms with Crippen LogP contribution < -0.4 is 0 Å². The standard InChI is InChI=1S/C15H26O3/c1-4-17-14(18-5-2)11-13-10-12-6-8-15(13,16-3)9-7-12/h6,8,12-14H,4-5,7,9-11H2,1-3H3/t12-,13-,15-/m1/s1. The minimum Gasteiger partial charge on any atom is -0.374 e. The number of rotatable bonds is 7. The van der Waals surface area contributed by atoms with Crippen LogP contribution in [0.2, 0.25) is 0 Å². The van der Waals surface area contributed by atoms with Gasteiger partial charge < -0.3 is 14.2 Å². The largest absolute Gasteiger partial charge is 0.374 e. The quantitative estimate of drug-likeness (QED) is 0.516. The van der Waals surface area contributed by atoms with Crippen molar-refractivity contribution >= 4 is 0 Å². The van der Waals surface area contributed by atoms with E-state index < -0.39 is 0 Å². The molecule has 0 unspecified atom stereocenters. The van der Waals surface area contributed by atoms with Gasteiger partial charge in [-0.2, -0.15) is 0 Å². The second kappa shape index (κ2) is 6.18. The zero-order valence-corrected chi connectivity index (χ0v) is 11.9. The van der Waals surface area contributed by atoms with Gasteiger partial charge in [-0.05, 0) is 44.9 Å². The molecule has 3 atom stereocenters. The number of hydrogen-bond donors (Lipinski definition) is 0. The molecule has 0 spiro atoms. The highest BCUT2D eigenvalue weighted by Gasteiger charge is 2.45. The summed E-state index contributed by atoms with van der Waals surface area (Å²) < 4.78 is 17.2. The van der Waals surface area contributed by atoms with E-state index in [9.17, 15) is 0 Å². The van der Waals surface area contributed by atoms with Crippen LogP contribution in [0.3, 0.4) is 0 Å². The molecule has 0 aliphatic heterocycles. The highest BCUT2D eigenvalue weighted by molar-refractivity contribution is 5.16. The maximum absolute atomic E-state index is 5.84. The molecule has 104 valence electrons. The summed E-state index contributed by atoms with van der Waals surface area (Å²) in [5, 5.41) is 0. The molecule has 0 aromatic heterocycles. The fraction of sp³-hybridized carbons (Fsp3) is 0.867. The van der Waals surface area contributed by atoms with Gasteiger partial charge in [0.2, 0.25) is 0 Å². The second-order valence-corrected chi connectivity index (χ2v) is 5.33. The van der Waals surface area contributed by atoms with E-state index in [-0.39, 0.29) is 11.9 Å². The van der Waals surface area contributed by atoms with E-state index in [2.05, 4.69) is 12.2 Å². The van der Waals surface area contributed by atoms with Gasteiger partial charge in [-0.3, -0.25) is 0 Å². The molecule has 0 aromatic carbocycles. The van der Waals surface area contributed by atoms with E-state index in [1.54, 1.807) is 0 Å². The molecule has 0 amide bonds. The van der Waals surface area contributed by atoms with Crippen molar-refractivity contribution in [2.24, 2.45) is 11.8 Å². The molecule has 1 fully saturated rings. The third-order valence-electron chi connectivity index (χ3n) is 4.40. The molecule has 0 radical (unpaired) electrons. The summed E-state index contributed by atoms with van der Waals surface area (Å²) in [6, 6.07) is 0. The molecular weight excluding hydrogens is 228 g/mol. The average Bonchev–Trinajstić information content (AvgIpc) is 2.41. The number of methoxy groups -OCH3 is 1. The van der Waals surface area contributed by atoms with Crippen LogP contribution >= 0.6 is 0 Å². The van der Waals surface area contributed by atoms with Gasteiger partial charge in [-0.15, -0.1) is 0 Å². The van der Waals surface area contributed by atoms with Gasteiger partial charge in [-0.25, -0.2) is 0 Å². The molecule has 0 N–H and O–H groups in total. The van der Waals surface area contributed by atoms with Crippen LogP contribution in [0.1, 0.15) is 39.5 Å². The average molecular weight is 254 g/mol. The number of fused-ring (bicyclic) bond motifs is 2. The molecule has 3 rings (SSSR count). The SMILES string of the molecule is CCOC(C[C@H]1C[C@@H]2C=C[C@@]1(OC)CC2)OCC. The molecule has 18 heavy (non-hydrogen) atoms. The predicted octanol–water partition coefficient (Wildman–Crippen LogP) is 3.15. The van der Waals surface area contributed by atoms with Gasteiger partial charge in [0.25, 0.3) is 0 Å². The van der Waals surface area contributed by atoms with Crippen molar-refractivity contribution in [2.75, 3.05) is 20.3 Å². The lowest BCUT2D eigenvalue weighted by atomic mass is 9.65. The van der Waals surface area contributed by atoms with Crippen molar-refractivity contribution in [1.82, 2.24) is 0 Å². The molecule has 3 nitrogen and oxygen atoms in total. The fourth-order valence-corrected chi connectivity index (χ4v) is 3.41. The summed E-state index contributed by atoms with van der Waals surface area (Å²) in [6.45, 7) is 5.45. The van der Waals surface area contributed by atoms with Crippen molar-refractivity contribution < 1.29 is 14.2 Å². The van der Waals surface area contributed by atoms with Gasteiger partial charge in [0.05, 0.1) is 5.60 Å². The van der Waals surface area contributed by atoms with Gasteiger partial charge in [-0.1, -0.05) is 12.2 Å². The minimum atomic E-state index is -0.0789. The Balaban J connectivity index is 2.01. The highest BCUT2D eigenvalue weighted by Crippen LogP contribution is 2.47. The topological polar surface area (TPSA) is 27.7 Å². The Hall–Kier alpha value is -0.380. The molecule has 0 saturated heterocycles. The number of hydrogen-bond acceptors (Lipinski definition) is 3. The minimum absolute atomic E-state index is 0.0683. The van der Waals surface area contributed by atoms with Crippen LogP contribution in [-0.4, -0.2) is 32.2 Å². The maximum Gasteiger partial charge on any atom is 0.157 e. The van der Waals surface area contributed by atoms with Crippen molar-refractivity contribution in [2.45, 2.75) is 51.4 Å². The van der Waals surface area contributed by atoms with Gasteiger partial charge in [0.15, 0.2) is 6.29 Å². The van der Waals surface area contributed by atoms with Crippen LogP contribution in [-0.2, 0) is 14.2 Å². The van der Waals surface area contributed by atoms with Gasteiger partial charge in [0, 0.05) is 26.7 Å². The van der Waals surface area contributed by atoms with E-state index in [4.69, 9.17) is 14.2 Å². The zero-order valence-electron chi connectivity index (χ0n) is 11.9. The number of ether oxygens (including phenoxy) is 3. The lowest BCUT2D eigenvalue weighted by molar-refractivity contribution is -0.167. The molecule has 3 heteroatoms. The molecule has 2 bridgehead atoms. The number of allylic oxidation sites excluding steroid dienone is 1. The van der Waals surface area contributed by atoms with Crippen molar-refractivity contribution in [1.29, 1.82) is 0 Å². The van der Waals surface area contributed by atoms with Crippen molar-refractivity contribution in [3.8, 4) is 0 Å². The highest BCUT2D eigenvalue weighted by atomic mass is 16.7. The Kier molecular flexibility index (Phi) is 4.82. The Morgan fingerprint density at radius 3 is 2.50 bits per heavy atom. The first-order valence-electron chi connectivity index (χ1n) is 7.21. The monoisotopic (exact) mass is 254 g/mol. The van der Waals surface area contributed by atoms with Crippen LogP contribution in [0.25, 0.3) is 0 Å². The molecule has 0 aromatic rings. The molecule has 3 aliphatic carbocycles.